The lowest BCUT2D eigenvalue weighted by Gasteiger charge is -2.24. The van der Waals surface area contributed by atoms with Crippen LogP contribution in [0.25, 0.3) is 11.2 Å². The Kier molecular flexibility index (Phi) is 6.26. The zero-order valence-electron chi connectivity index (χ0n) is 15.2. The third-order valence-corrected chi connectivity index (χ3v) is 9.45. The Bertz CT molecular complexity index is 1170. The van der Waals surface area contributed by atoms with Crippen molar-refractivity contribution in [3.05, 3.63) is 24.8 Å². The van der Waals surface area contributed by atoms with Crippen molar-refractivity contribution >= 4 is 39.8 Å². The van der Waals surface area contributed by atoms with E-state index in [1.807, 2.05) is 0 Å². The summed E-state index contributed by atoms with van der Waals surface area (Å²) < 4.78 is 71.3. The number of nitrogens with zero attached hydrogens (tertiary/aromatic N) is 4. The van der Waals surface area contributed by atoms with E-state index in [1.165, 1.54) is 18.7 Å². The van der Waals surface area contributed by atoms with E-state index in [9.17, 15) is 27.4 Å². The Morgan fingerprint density at radius 1 is 1.16 bits per heavy atom. The van der Waals surface area contributed by atoms with Crippen LogP contribution in [0, 0.1) is 0 Å². The number of allylic oxidation sites excluding steroid dienone is 1. The van der Waals surface area contributed by atoms with Crippen molar-refractivity contribution in [2.75, 3.05) is 12.1 Å². The van der Waals surface area contributed by atoms with Crippen LogP contribution in [0.5, 0.6) is 0 Å². The second-order valence-electron chi connectivity index (χ2n) is 6.40. The van der Waals surface area contributed by atoms with Crippen LogP contribution in [0.1, 0.15) is 12.5 Å². The zero-order valence-corrected chi connectivity index (χ0v) is 17.9. The summed E-state index contributed by atoms with van der Waals surface area (Å²) in [6.45, 7) is 0. The molecule has 0 fully saturated rings. The maximum absolute atomic E-state index is 13.4. The number of hydrogen-bond donors (Lipinski definition) is 5. The number of hydrogen-bond acceptors (Lipinski definition) is 9. The molecule has 0 aromatic carbocycles. The molecule has 0 amide bonds. The van der Waals surface area contributed by atoms with Crippen LogP contribution in [0.3, 0.4) is 0 Å². The van der Waals surface area contributed by atoms with Gasteiger partial charge in [-0.25, -0.2) is 19.3 Å². The first-order valence-electron chi connectivity index (χ1n) is 8.17. The third-order valence-electron chi connectivity index (χ3n) is 4.15. The van der Waals surface area contributed by atoms with Crippen LogP contribution < -0.4 is 5.73 Å². The number of ether oxygens (including phenoxy) is 1. The van der Waals surface area contributed by atoms with Crippen molar-refractivity contribution in [1.29, 1.82) is 0 Å². The zero-order chi connectivity index (χ0) is 23.2. The highest BCUT2D eigenvalue weighted by molar-refractivity contribution is 7.76. The summed E-state index contributed by atoms with van der Waals surface area (Å²) in [5.41, 5.74) is 6.49. The lowest BCUT2D eigenvalue weighted by molar-refractivity contribution is 0.0920. The van der Waals surface area contributed by atoms with Gasteiger partial charge in [0.1, 0.15) is 18.2 Å². The standard InChI is InChI=1S/C12H16F2N5O9P3/c13-12(14,30(22,23)24)31(25,26)28-29(20,21)6-27-8-2-1-7(3-8)19-5-18-9-10(15)16-4-17-11(9)19/h1-2,4-5,7-8H,3,6H2,(H,20,21)(H,25,26)(H2,15,16,17)(H2,22,23,24)/t7-,8+/m1/s1. The maximum atomic E-state index is 13.4. The summed E-state index contributed by atoms with van der Waals surface area (Å²) in [7, 11) is -18.3. The summed E-state index contributed by atoms with van der Waals surface area (Å²) >= 11 is 0. The second-order valence-corrected chi connectivity index (χ2v) is 12.2. The van der Waals surface area contributed by atoms with Gasteiger partial charge in [0.2, 0.25) is 0 Å². The molecule has 0 bridgehead atoms. The summed E-state index contributed by atoms with van der Waals surface area (Å²) in [5, 5.41) is -5.58. The smallest absolute Gasteiger partial charge is 0.382 e. The predicted octanol–water partition coefficient (Wildman–Crippen LogP) is 1.37. The molecule has 1 aliphatic rings. The highest BCUT2D eigenvalue weighted by Gasteiger charge is 2.66. The summed E-state index contributed by atoms with van der Waals surface area (Å²) in [5.74, 6) is 0.164. The van der Waals surface area contributed by atoms with Crippen molar-refractivity contribution in [2.45, 2.75) is 24.0 Å². The first kappa shape index (κ1) is 24.1. The van der Waals surface area contributed by atoms with Gasteiger partial charge in [-0.1, -0.05) is 12.2 Å². The number of nitrogens with two attached hydrogens (primary N) is 1. The van der Waals surface area contributed by atoms with Gasteiger partial charge < -0.3 is 34.6 Å². The van der Waals surface area contributed by atoms with E-state index < -0.39 is 40.6 Å². The molecule has 0 spiro atoms. The molecule has 0 radical (unpaired) electrons. The molecule has 31 heavy (non-hydrogen) atoms. The molecule has 2 unspecified atom stereocenters. The Labute approximate surface area is 172 Å². The molecule has 1 aliphatic carbocycles. The number of rotatable bonds is 8. The minimum atomic E-state index is -6.53. The van der Waals surface area contributed by atoms with Gasteiger partial charge in [-0.3, -0.25) is 13.7 Å². The van der Waals surface area contributed by atoms with E-state index in [4.69, 9.17) is 25.2 Å². The number of fused-ring (bicyclic) bond motifs is 1. The molecular formula is C12H16F2N5O9P3. The molecular weight excluding hydrogens is 489 g/mol. The van der Waals surface area contributed by atoms with Crippen molar-refractivity contribution in [1.82, 2.24) is 19.5 Å². The van der Waals surface area contributed by atoms with Gasteiger partial charge in [-0.15, -0.1) is 0 Å². The molecule has 172 valence electrons. The van der Waals surface area contributed by atoms with E-state index in [-0.39, 0.29) is 18.3 Å². The normalized spacial score (nSPS) is 23.7. The van der Waals surface area contributed by atoms with E-state index >= 15 is 0 Å². The minimum Gasteiger partial charge on any atom is -0.382 e. The van der Waals surface area contributed by atoms with Gasteiger partial charge in [0.05, 0.1) is 18.5 Å². The fraction of sp³-hybridized carbons (Fsp3) is 0.417. The molecule has 14 nitrogen and oxygen atoms in total. The molecule has 2 aromatic heterocycles. The molecule has 2 aromatic rings. The Balaban J connectivity index is 1.64. The first-order valence-corrected chi connectivity index (χ1v) is 13.1. The molecule has 3 rings (SSSR count). The molecule has 0 saturated heterocycles. The van der Waals surface area contributed by atoms with E-state index in [0.717, 1.165) is 0 Å². The number of anilines is 1. The lowest BCUT2D eigenvalue weighted by Crippen LogP contribution is -2.19. The van der Waals surface area contributed by atoms with Gasteiger partial charge in [-0.05, 0) is 0 Å². The Morgan fingerprint density at radius 2 is 1.84 bits per heavy atom. The van der Waals surface area contributed by atoms with Crippen molar-refractivity contribution in [3.63, 3.8) is 0 Å². The molecule has 4 atom stereocenters. The SMILES string of the molecule is Nc1ncnc2c1ncn2[C@@H]1C=C[C@H](OCP(=O)(O)OP(=O)(O)C(F)(F)P(=O)(O)O)C1. The summed E-state index contributed by atoms with van der Waals surface area (Å²) in [6.07, 6.45) is 3.87. The topological polar surface area (TPSA) is 220 Å². The number of halogens is 2. The average molecular weight is 505 g/mol. The Hall–Kier alpha value is -1.60. The van der Waals surface area contributed by atoms with Crippen LogP contribution in [-0.4, -0.2) is 56.9 Å². The van der Waals surface area contributed by atoms with Gasteiger partial charge in [0.25, 0.3) is 0 Å². The predicted molar refractivity (Wildman–Crippen MR) is 100.0 cm³/mol. The second kappa shape index (κ2) is 8.07. The van der Waals surface area contributed by atoms with Crippen LogP contribution >= 0.6 is 22.8 Å². The maximum Gasteiger partial charge on any atom is 0.444 e. The molecule has 0 saturated carbocycles. The van der Waals surface area contributed by atoms with Gasteiger partial charge >= 0.3 is 28.2 Å². The van der Waals surface area contributed by atoms with Crippen molar-refractivity contribution in [2.24, 2.45) is 0 Å². The van der Waals surface area contributed by atoms with E-state index in [2.05, 4.69) is 19.3 Å². The van der Waals surface area contributed by atoms with E-state index in [0.29, 0.717) is 11.2 Å². The largest absolute Gasteiger partial charge is 0.444 e. The number of nitrogen functional groups attached to an aromatic ring is 1. The van der Waals surface area contributed by atoms with E-state index in [1.54, 1.807) is 10.6 Å². The number of imidazole rings is 1. The average Bonchev–Trinajstić information content (AvgIpc) is 3.25. The van der Waals surface area contributed by atoms with Crippen molar-refractivity contribution in [3.8, 4) is 0 Å². The van der Waals surface area contributed by atoms with Gasteiger partial charge in [-0.2, -0.15) is 8.78 Å². The van der Waals surface area contributed by atoms with Crippen LogP contribution in [0.2, 0.25) is 0 Å². The Morgan fingerprint density at radius 3 is 2.48 bits per heavy atom. The fourth-order valence-corrected chi connectivity index (χ4v) is 6.68. The molecule has 0 aliphatic heterocycles. The van der Waals surface area contributed by atoms with Crippen LogP contribution in [0.4, 0.5) is 14.6 Å². The summed E-state index contributed by atoms with van der Waals surface area (Å²) in [6, 6.07) is -0.369. The van der Waals surface area contributed by atoms with Crippen molar-refractivity contribution < 1.29 is 51.1 Å². The third kappa shape index (κ3) is 4.77. The fourth-order valence-electron chi connectivity index (χ4n) is 2.69. The minimum absolute atomic E-state index is 0.164. The first-order chi connectivity index (χ1) is 14.1. The quantitative estimate of drug-likeness (QED) is 0.253. The number of aromatic nitrogens is 4. The molecule has 19 heteroatoms. The highest BCUT2D eigenvalue weighted by atomic mass is 31.3. The van der Waals surface area contributed by atoms with Gasteiger partial charge in [0, 0.05) is 6.42 Å². The summed E-state index contributed by atoms with van der Waals surface area (Å²) in [4.78, 5) is 47.7. The van der Waals surface area contributed by atoms with Crippen LogP contribution in [0.15, 0.2) is 24.8 Å². The van der Waals surface area contributed by atoms with Crippen LogP contribution in [-0.2, 0) is 22.7 Å². The molecule has 2 heterocycles. The number of alkyl halides is 2. The monoisotopic (exact) mass is 505 g/mol. The van der Waals surface area contributed by atoms with Gasteiger partial charge in [0.15, 0.2) is 11.5 Å². The highest BCUT2D eigenvalue weighted by Crippen LogP contribution is 2.77. The molecule has 6 N–H and O–H groups in total. The lowest BCUT2D eigenvalue weighted by atomic mass is 10.2.